The molecular weight excluding hydrogens is 270 g/mol. The van der Waals surface area contributed by atoms with Gasteiger partial charge in [-0.05, 0) is 39.7 Å². The number of ether oxygens (including phenoxy) is 2. The minimum absolute atomic E-state index is 0.0199. The standard InChI is InChI=1S/C15H23N3O3/c1-4-20-10-14(19)18-7-5-6-13(9-18)21-15-16-11(2)8-12(3)17-15/h8,13H,4-7,9-10H2,1-3H3. The average Bonchev–Trinajstić information content (AvgIpc) is 2.44. The Morgan fingerprint density at radius 3 is 2.76 bits per heavy atom. The van der Waals surface area contributed by atoms with E-state index in [0.29, 0.717) is 19.2 Å². The Bertz CT molecular complexity index is 473. The van der Waals surface area contributed by atoms with Gasteiger partial charge in [-0.15, -0.1) is 0 Å². The molecule has 1 fully saturated rings. The van der Waals surface area contributed by atoms with Gasteiger partial charge in [0, 0.05) is 24.5 Å². The number of hydrogen-bond donors (Lipinski definition) is 0. The van der Waals surface area contributed by atoms with E-state index in [1.807, 2.05) is 26.8 Å². The molecule has 0 saturated carbocycles. The predicted molar refractivity (Wildman–Crippen MR) is 78.2 cm³/mol. The van der Waals surface area contributed by atoms with E-state index in [2.05, 4.69) is 9.97 Å². The van der Waals surface area contributed by atoms with Gasteiger partial charge in [-0.25, -0.2) is 9.97 Å². The molecule has 0 aromatic carbocycles. The summed E-state index contributed by atoms with van der Waals surface area (Å²) < 4.78 is 11.0. The molecule has 0 radical (unpaired) electrons. The zero-order valence-electron chi connectivity index (χ0n) is 13.0. The van der Waals surface area contributed by atoms with Crippen LogP contribution < -0.4 is 4.74 Å². The van der Waals surface area contributed by atoms with Gasteiger partial charge in [0.25, 0.3) is 0 Å². The van der Waals surface area contributed by atoms with Crippen LogP contribution in [0, 0.1) is 13.8 Å². The molecule has 1 aliphatic rings. The number of hydrogen-bond acceptors (Lipinski definition) is 5. The average molecular weight is 293 g/mol. The Morgan fingerprint density at radius 1 is 1.38 bits per heavy atom. The molecular formula is C15H23N3O3. The summed E-state index contributed by atoms with van der Waals surface area (Å²) in [6, 6.07) is 2.31. The SMILES string of the molecule is CCOCC(=O)N1CCCC(Oc2nc(C)cc(C)n2)C1. The normalized spacial score (nSPS) is 18.6. The molecule has 2 heterocycles. The molecule has 0 spiro atoms. The van der Waals surface area contributed by atoms with Crippen LogP contribution in [0.3, 0.4) is 0 Å². The summed E-state index contributed by atoms with van der Waals surface area (Å²) in [5.74, 6) is 0.0199. The van der Waals surface area contributed by atoms with Crippen molar-refractivity contribution in [3.05, 3.63) is 17.5 Å². The number of carbonyl (C=O) groups is 1. The topological polar surface area (TPSA) is 64.5 Å². The van der Waals surface area contributed by atoms with Crippen LogP contribution in [0.4, 0.5) is 0 Å². The first-order valence-electron chi connectivity index (χ1n) is 7.43. The Kier molecular flexibility index (Phi) is 5.50. The Labute approximate surface area is 125 Å². The van der Waals surface area contributed by atoms with Gasteiger partial charge < -0.3 is 14.4 Å². The number of carbonyl (C=O) groups excluding carboxylic acids is 1. The lowest BCUT2D eigenvalue weighted by atomic mass is 10.1. The van der Waals surface area contributed by atoms with Gasteiger partial charge in [0.15, 0.2) is 0 Å². The van der Waals surface area contributed by atoms with Crippen molar-refractivity contribution in [1.82, 2.24) is 14.9 Å². The van der Waals surface area contributed by atoms with Crippen LogP contribution in [-0.2, 0) is 9.53 Å². The van der Waals surface area contributed by atoms with Crippen molar-refractivity contribution in [2.24, 2.45) is 0 Å². The van der Waals surface area contributed by atoms with Crippen molar-refractivity contribution < 1.29 is 14.3 Å². The quantitative estimate of drug-likeness (QED) is 0.823. The Morgan fingerprint density at radius 2 is 2.10 bits per heavy atom. The molecule has 1 amide bonds. The first-order valence-corrected chi connectivity index (χ1v) is 7.43. The van der Waals surface area contributed by atoms with Crippen molar-refractivity contribution in [3.8, 4) is 6.01 Å². The van der Waals surface area contributed by atoms with Crippen LogP contribution >= 0.6 is 0 Å². The summed E-state index contributed by atoms with van der Waals surface area (Å²) in [4.78, 5) is 22.3. The highest BCUT2D eigenvalue weighted by molar-refractivity contribution is 5.77. The van der Waals surface area contributed by atoms with E-state index in [-0.39, 0.29) is 18.6 Å². The van der Waals surface area contributed by atoms with Crippen molar-refractivity contribution in [2.45, 2.75) is 39.7 Å². The molecule has 0 bridgehead atoms. The highest BCUT2D eigenvalue weighted by Gasteiger charge is 2.25. The van der Waals surface area contributed by atoms with Gasteiger partial charge in [0.1, 0.15) is 12.7 Å². The smallest absolute Gasteiger partial charge is 0.317 e. The minimum atomic E-state index is -0.0504. The van der Waals surface area contributed by atoms with Gasteiger partial charge in [0.05, 0.1) is 6.54 Å². The second-order valence-corrected chi connectivity index (χ2v) is 5.29. The maximum Gasteiger partial charge on any atom is 0.317 e. The van der Waals surface area contributed by atoms with Crippen molar-refractivity contribution in [1.29, 1.82) is 0 Å². The van der Waals surface area contributed by atoms with Crippen LogP contribution in [0.2, 0.25) is 0 Å². The maximum absolute atomic E-state index is 12.0. The highest BCUT2D eigenvalue weighted by Crippen LogP contribution is 2.16. The van der Waals surface area contributed by atoms with Crippen LogP contribution in [0.1, 0.15) is 31.2 Å². The molecule has 1 aliphatic heterocycles. The Balaban J connectivity index is 1.93. The second kappa shape index (κ2) is 7.36. The maximum atomic E-state index is 12.0. The lowest BCUT2D eigenvalue weighted by Crippen LogP contribution is -2.45. The molecule has 0 N–H and O–H groups in total. The van der Waals surface area contributed by atoms with E-state index in [1.54, 1.807) is 4.90 Å². The monoisotopic (exact) mass is 293 g/mol. The van der Waals surface area contributed by atoms with E-state index in [0.717, 1.165) is 30.8 Å². The third kappa shape index (κ3) is 4.67. The van der Waals surface area contributed by atoms with Gasteiger partial charge in [-0.3, -0.25) is 4.79 Å². The molecule has 1 saturated heterocycles. The fraction of sp³-hybridized carbons (Fsp3) is 0.667. The summed E-state index contributed by atoms with van der Waals surface area (Å²) in [5, 5.41) is 0. The summed E-state index contributed by atoms with van der Waals surface area (Å²) >= 11 is 0. The molecule has 1 aromatic heterocycles. The number of likely N-dealkylation sites (tertiary alicyclic amines) is 1. The number of nitrogens with zero attached hydrogens (tertiary/aromatic N) is 3. The zero-order valence-corrected chi connectivity index (χ0v) is 13.0. The molecule has 6 heteroatoms. The Hall–Kier alpha value is -1.69. The summed E-state index contributed by atoms with van der Waals surface area (Å²) in [7, 11) is 0. The number of piperidine rings is 1. The molecule has 1 unspecified atom stereocenters. The van der Waals surface area contributed by atoms with Crippen LogP contribution in [0.5, 0.6) is 6.01 Å². The molecule has 116 valence electrons. The van der Waals surface area contributed by atoms with Crippen molar-refractivity contribution in [2.75, 3.05) is 26.3 Å². The van der Waals surface area contributed by atoms with E-state index in [9.17, 15) is 4.79 Å². The van der Waals surface area contributed by atoms with Crippen molar-refractivity contribution >= 4 is 5.91 Å². The zero-order chi connectivity index (χ0) is 15.2. The number of aromatic nitrogens is 2. The number of amides is 1. The minimum Gasteiger partial charge on any atom is -0.458 e. The molecule has 2 rings (SSSR count). The third-order valence-corrected chi connectivity index (χ3v) is 3.39. The van der Waals surface area contributed by atoms with E-state index in [4.69, 9.17) is 9.47 Å². The molecule has 21 heavy (non-hydrogen) atoms. The van der Waals surface area contributed by atoms with Gasteiger partial charge in [-0.2, -0.15) is 0 Å². The van der Waals surface area contributed by atoms with Gasteiger partial charge >= 0.3 is 6.01 Å². The molecule has 6 nitrogen and oxygen atoms in total. The predicted octanol–water partition coefficient (Wildman–Crippen LogP) is 1.50. The second-order valence-electron chi connectivity index (χ2n) is 5.29. The van der Waals surface area contributed by atoms with Crippen molar-refractivity contribution in [3.63, 3.8) is 0 Å². The molecule has 0 aliphatic carbocycles. The van der Waals surface area contributed by atoms with Crippen LogP contribution in [-0.4, -0.2) is 53.2 Å². The summed E-state index contributed by atoms with van der Waals surface area (Å²) in [6.07, 6.45) is 1.78. The highest BCUT2D eigenvalue weighted by atomic mass is 16.5. The summed E-state index contributed by atoms with van der Waals surface area (Å²) in [6.45, 7) is 7.74. The van der Waals surface area contributed by atoms with Crippen LogP contribution in [0.25, 0.3) is 0 Å². The van der Waals surface area contributed by atoms with Crippen LogP contribution in [0.15, 0.2) is 6.07 Å². The van der Waals surface area contributed by atoms with E-state index >= 15 is 0 Å². The first-order chi connectivity index (χ1) is 10.1. The fourth-order valence-corrected chi connectivity index (χ4v) is 2.44. The first kappa shape index (κ1) is 15.7. The van der Waals surface area contributed by atoms with E-state index in [1.165, 1.54) is 0 Å². The fourth-order valence-electron chi connectivity index (χ4n) is 2.44. The number of aryl methyl sites for hydroxylation is 2. The lowest BCUT2D eigenvalue weighted by Gasteiger charge is -2.32. The third-order valence-electron chi connectivity index (χ3n) is 3.39. The van der Waals surface area contributed by atoms with Gasteiger partial charge in [0.2, 0.25) is 5.91 Å². The van der Waals surface area contributed by atoms with Gasteiger partial charge in [-0.1, -0.05) is 0 Å². The largest absolute Gasteiger partial charge is 0.458 e. The molecule has 1 aromatic rings. The lowest BCUT2D eigenvalue weighted by molar-refractivity contribution is -0.138. The number of rotatable bonds is 5. The summed E-state index contributed by atoms with van der Waals surface area (Å²) in [5.41, 5.74) is 1.77. The van der Waals surface area contributed by atoms with E-state index < -0.39 is 0 Å². The molecule has 1 atom stereocenters.